The van der Waals surface area contributed by atoms with Crippen molar-refractivity contribution in [1.82, 2.24) is 0 Å². The van der Waals surface area contributed by atoms with Crippen LogP contribution in [0.25, 0.3) is 22.3 Å². The number of hydrogen-bond donors (Lipinski definition) is 2. The van der Waals surface area contributed by atoms with Gasteiger partial charge >= 0.3 is 0 Å². The molecule has 168 valence electrons. The topological polar surface area (TPSA) is 40.5 Å². The van der Waals surface area contributed by atoms with Gasteiger partial charge in [-0.25, -0.2) is 0 Å². The van der Waals surface area contributed by atoms with Gasteiger partial charge in [0.05, 0.1) is 0 Å². The fraction of sp³-hybridized carbons (Fsp3) is 0.226. The zero-order chi connectivity index (χ0) is 22.7. The molecule has 0 spiro atoms. The summed E-state index contributed by atoms with van der Waals surface area (Å²) in [5.41, 5.74) is 3.25. The van der Waals surface area contributed by atoms with Crippen LogP contribution in [0.5, 0.6) is 0 Å². The van der Waals surface area contributed by atoms with E-state index in [0.29, 0.717) is 12.8 Å². The normalized spacial score (nSPS) is 15.8. The van der Waals surface area contributed by atoms with Gasteiger partial charge in [-0.05, 0) is 46.2 Å². The van der Waals surface area contributed by atoms with E-state index in [1.807, 2.05) is 84.9 Å². The highest BCUT2D eigenvalue weighted by molar-refractivity contribution is 5.65. The summed E-state index contributed by atoms with van der Waals surface area (Å²) in [6.07, 6.45) is 4.11. The zero-order valence-corrected chi connectivity index (χ0v) is 18.8. The quantitative estimate of drug-likeness (QED) is 0.347. The summed E-state index contributed by atoms with van der Waals surface area (Å²) in [6.45, 7) is 0. The maximum atomic E-state index is 12.3. The fourth-order valence-corrected chi connectivity index (χ4v) is 5.27. The van der Waals surface area contributed by atoms with Crippen LogP contribution >= 0.6 is 0 Å². The van der Waals surface area contributed by atoms with Gasteiger partial charge in [0.25, 0.3) is 0 Å². The number of benzene rings is 4. The first-order valence-electron chi connectivity index (χ1n) is 11.9. The van der Waals surface area contributed by atoms with Gasteiger partial charge in [-0.3, -0.25) is 0 Å². The molecule has 33 heavy (non-hydrogen) atoms. The molecule has 2 heteroatoms. The lowest BCUT2D eigenvalue weighted by Gasteiger charge is -2.46. The van der Waals surface area contributed by atoms with Gasteiger partial charge in [0.15, 0.2) is 0 Å². The lowest BCUT2D eigenvalue weighted by Crippen LogP contribution is -2.53. The van der Waals surface area contributed by atoms with Gasteiger partial charge in [-0.1, -0.05) is 128 Å². The first-order valence-corrected chi connectivity index (χ1v) is 11.9. The minimum absolute atomic E-state index is 0. The molecule has 2 N–H and O–H groups in total. The van der Waals surface area contributed by atoms with Crippen molar-refractivity contribution in [2.24, 2.45) is 0 Å². The van der Waals surface area contributed by atoms with Crippen molar-refractivity contribution in [3.63, 3.8) is 0 Å². The number of rotatable bonds is 5. The van der Waals surface area contributed by atoms with Crippen LogP contribution in [0.15, 0.2) is 109 Å². The van der Waals surface area contributed by atoms with Gasteiger partial charge in [0.2, 0.25) is 0 Å². The predicted molar refractivity (Wildman–Crippen MR) is 137 cm³/mol. The maximum Gasteiger partial charge on any atom is 0.143 e. The van der Waals surface area contributed by atoms with Gasteiger partial charge in [-0.15, -0.1) is 0 Å². The molecule has 2 nitrogen and oxygen atoms in total. The van der Waals surface area contributed by atoms with Crippen molar-refractivity contribution in [1.29, 1.82) is 0 Å². The standard InChI is InChI=1S/C31H30O2.H2/c32-30(22-8-3-9-23-30)31(33,28-18-14-26(15-19-28)24-10-4-1-5-11-24)29-20-16-27(17-21-29)25-12-6-2-7-13-25;/h1-2,4-7,10-21,32-33H,3,8-9,22-23H2;1H. The second kappa shape index (κ2) is 8.97. The lowest BCUT2D eigenvalue weighted by molar-refractivity contribution is -0.151. The highest BCUT2D eigenvalue weighted by Gasteiger charge is 2.51. The SMILES string of the molecule is OC1(C(O)(c2ccc(-c3ccccc3)cc2)c2ccc(-c3ccccc3)cc2)CCCCC1.[HH]. The molecule has 0 unspecified atom stereocenters. The third-order valence-corrected chi connectivity index (χ3v) is 7.17. The molecule has 4 aromatic rings. The molecule has 0 amide bonds. The van der Waals surface area contributed by atoms with E-state index >= 15 is 0 Å². The van der Waals surface area contributed by atoms with E-state index in [1.165, 1.54) is 0 Å². The van der Waals surface area contributed by atoms with E-state index < -0.39 is 11.2 Å². The van der Waals surface area contributed by atoms with Crippen LogP contribution in [-0.4, -0.2) is 15.8 Å². The third-order valence-electron chi connectivity index (χ3n) is 7.17. The van der Waals surface area contributed by atoms with Gasteiger partial charge < -0.3 is 10.2 Å². The Balaban J connectivity index is 0.00000274. The minimum Gasteiger partial charge on any atom is -0.386 e. The predicted octanol–water partition coefficient (Wildman–Crippen LogP) is 7.20. The average Bonchev–Trinajstić information content (AvgIpc) is 2.90. The van der Waals surface area contributed by atoms with E-state index in [1.54, 1.807) is 0 Å². The van der Waals surface area contributed by atoms with Gasteiger partial charge in [0, 0.05) is 1.43 Å². The Kier molecular flexibility index (Phi) is 5.88. The molecule has 0 aromatic heterocycles. The van der Waals surface area contributed by atoms with Crippen LogP contribution in [0, 0.1) is 0 Å². The third kappa shape index (κ3) is 4.01. The molecule has 1 saturated carbocycles. The summed E-state index contributed by atoms with van der Waals surface area (Å²) in [7, 11) is 0. The smallest absolute Gasteiger partial charge is 0.143 e. The molecule has 1 aliphatic carbocycles. The summed E-state index contributed by atoms with van der Waals surface area (Å²) < 4.78 is 0. The largest absolute Gasteiger partial charge is 0.386 e. The monoisotopic (exact) mass is 436 g/mol. The van der Waals surface area contributed by atoms with E-state index in [9.17, 15) is 10.2 Å². The average molecular weight is 437 g/mol. The lowest BCUT2D eigenvalue weighted by atomic mass is 9.66. The summed E-state index contributed by atoms with van der Waals surface area (Å²) in [6, 6.07) is 36.5. The second-order valence-corrected chi connectivity index (χ2v) is 9.19. The molecular weight excluding hydrogens is 404 g/mol. The Morgan fingerprint density at radius 3 is 1.27 bits per heavy atom. The Labute approximate surface area is 197 Å². The molecule has 0 aliphatic heterocycles. The van der Waals surface area contributed by atoms with Crippen molar-refractivity contribution in [3.8, 4) is 22.3 Å². The molecule has 0 radical (unpaired) electrons. The highest BCUT2D eigenvalue weighted by Crippen LogP contribution is 2.47. The van der Waals surface area contributed by atoms with E-state index in [2.05, 4.69) is 24.3 Å². The van der Waals surface area contributed by atoms with Gasteiger partial charge in [-0.2, -0.15) is 0 Å². The summed E-state index contributed by atoms with van der Waals surface area (Å²) in [4.78, 5) is 0. The van der Waals surface area contributed by atoms with Crippen LogP contribution < -0.4 is 0 Å². The first kappa shape index (κ1) is 21.6. The zero-order valence-electron chi connectivity index (χ0n) is 18.8. The van der Waals surface area contributed by atoms with E-state index in [0.717, 1.165) is 52.6 Å². The molecular formula is C31H32O2. The Bertz CT molecular complexity index is 1100. The maximum absolute atomic E-state index is 12.3. The van der Waals surface area contributed by atoms with Crippen LogP contribution in [-0.2, 0) is 5.60 Å². The van der Waals surface area contributed by atoms with Crippen LogP contribution in [0.3, 0.4) is 0 Å². The Morgan fingerprint density at radius 2 is 0.879 bits per heavy atom. The Hall–Kier alpha value is -3.20. The first-order chi connectivity index (χ1) is 16.1. The van der Waals surface area contributed by atoms with Crippen molar-refractivity contribution in [2.75, 3.05) is 0 Å². The van der Waals surface area contributed by atoms with E-state index in [-0.39, 0.29) is 1.43 Å². The van der Waals surface area contributed by atoms with Crippen molar-refractivity contribution in [3.05, 3.63) is 120 Å². The molecule has 0 heterocycles. The summed E-state index contributed by atoms with van der Waals surface area (Å²) in [5, 5.41) is 24.1. The van der Waals surface area contributed by atoms with Crippen molar-refractivity contribution < 1.29 is 11.6 Å². The molecule has 1 aliphatic rings. The fourth-order valence-electron chi connectivity index (χ4n) is 5.27. The Morgan fingerprint density at radius 1 is 0.515 bits per heavy atom. The molecule has 0 atom stereocenters. The molecule has 4 aromatic carbocycles. The van der Waals surface area contributed by atoms with Gasteiger partial charge in [0.1, 0.15) is 11.2 Å². The molecule has 1 fully saturated rings. The number of aliphatic hydroxyl groups is 2. The second-order valence-electron chi connectivity index (χ2n) is 9.19. The van der Waals surface area contributed by atoms with Crippen molar-refractivity contribution in [2.45, 2.75) is 43.3 Å². The van der Waals surface area contributed by atoms with Crippen molar-refractivity contribution >= 4 is 0 Å². The summed E-state index contributed by atoms with van der Waals surface area (Å²) >= 11 is 0. The van der Waals surface area contributed by atoms with Crippen LogP contribution in [0.1, 0.15) is 44.7 Å². The highest BCUT2D eigenvalue weighted by atomic mass is 16.4. The van der Waals surface area contributed by atoms with Crippen LogP contribution in [0.2, 0.25) is 0 Å². The van der Waals surface area contributed by atoms with E-state index in [4.69, 9.17) is 0 Å². The van der Waals surface area contributed by atoms with Crippen LogP contribution in [0.4, 0.5) is 0 Å². The molecule has 0 bridgehead atoms. The summed E-state index contributed by atoms with van der Waals surface area (Å²) in [5.74, 6) is 0. The molecule has 5 rings (SSSR count). The minimum atomic E-state index is -1.47. The molecule has 0 saturated heterocycles. The number of hydrogen-bond acceptors (Lipinski definition) is 2.